The van der Waals surface area contributed by atoms with E-state index in [1.54, 1.807) is 29.2 Å². The van der Waals surface area contributed by atoms with Gasteiger partial charge in [0.2, 0.25) is 0 Å². The third kappa shape index (κ3) is 4.03. The van der Waals surface area contributed by atoms with Gasteiger partial charge in [0.25, 0.3) is 5.91 Å². The lowest BCUT2D eigenvalue weighted by Gasteiger charge is -2.02. The van der Waals surface area contributed by atoms with E-state index in [1.165, 1.54) is 18.3 Å². The number of nitrogens with one attached hydrogen (secondary N) is 1. The highest BCUT2D eigenvalue weighted by Gasteiger charge is 2.12. The molecule has 7 heteroatoms. The highest BCUT2D eigenvalue weighted by molar-refractivity contribution is 5.97. The fourth-order valence-electron chi connectivity index (χ4n) is 2.82. The molecule has 0 saturated carbocycles. The standard InChI is InChI=1S/C22H17N5O2/c28-20-9-5-4-8-19(20)22(29)25-24-14-17-15-27(18-6-2-1-3-7-18)26-21(17)16-10-12-23-13-11-16/h1-15,28H,(H,25,29)/b24-14-. The van der Waals surface area contributed by atoms with Crippen LogP contribution in [0.3, 0.4) is 0 Å². The zero-order chi connectivity index (χ0) is 20.1. The van der Waals surface area contributed by atoms with Crippen LogP contribution in [0.25, 0.3) is 16.9 Å². The van der Waals surface area contributed by atoms with Gasteiger partial charge in [-0.05, 0) is 36.4 Å². The summed E-state index contributed by atoms with van der Waals surface area (Å²) in [5, 5.41) is 18.5. The van der Waals surface area contributed by atoms with E-state index in [2.05, 4.69) is 20.6 Å². The first-order valence-electron chi connectivity index (χ1n) is 8.89. The topological polar surface area (TPSA) is 92.4 Å². The van der Waals surface area contributed by atoms with Crippen LogP contribution in [-0.4, -0.2) is 32.0 Å². The molecule has 0 aliphatic carbocycles. The molecular weight excluding hydrogens is 366 g/mol. The molecule has 2 N–H and O–H groups in total. The zero-order valence-corrected chi connectivity index (χ0v) is 15.3. The highest BCUT2D eigenvalue weighted by atomic mass is 16.3. The highest BCUT2D eigenvalue weighted by Crippen LogP contribution is 2.22. The molecule has 0 saturated heterocycles. The molecule has 0 radical (unpaired) electrons. The molecule has 0 aliphatic rings. The van der Waals surface area contributed by atoms with E-state index in [9.17, 15) is 9.90 Å². The van der Waals surface area contributed by atoms with Crippen molar-refractivity contribution in [2.75, 3.05) is 0 Å². The average Bonchev–Trinajstić information content (AvgIpc) is 3.19. The lowest BCUT2D eigenvalue weighted by atomic mass is 10.1. The Labute approximate surface area is 167 Å². The normalized spacial score (nSPS) is 10.9. The smallest absolute Gasteiger partial charge is 0.275 e. The van der Waals surface area contributed by atoms with Crippen LogP contribution < -0.4 is 5.43 Å². The largest absolute Gasteiger partial charge is 0.507 e. The number of hydrazone groups is 1. The number of aromatic hydroxyl groups is 1. The van der Waals surface area contributed by atoms with Crippen molar-refractivity contribution in [2.45, 2.75) is 0 Å². The van der Waals surface area contributed by atoms with Gasteiger partial charge in [-0.2, -0.15) is 10.2 Å². The molecule has 0 aliphatic heterocycles. The Kier molecular flexibility index (Phi) is 5.11. The minimum atomic E-state index is -0.500. The summed E-state index contributed by atoms with van der Waals surface area (Å²) in [6.07, 6.45) is 6.75. The first kappa shape index (κ1) is 18.1. The number of aromatic nitrogens is 3. The Morgan fingerprint density at radius 2 is 1.72 bits per heavy atom. The predicted molar refractivity (Wildman–Crippen MR) is 110 cm³/mol. The number of hydrogen-bond acceptors (Lipinski definition) is 5. The number of phenolic OH excluding ortho intramolecular Hbond substituents is 1. The number of benzene rings is 2. The number of amides is 1. The number of phenols is 1. The van der Waals surface area contributed by atoms with Crippen molar-refractivity contribution in [3.8, 4) is 22.7 Å². The maximum atomic E-state index is 12.2. The summed E-state index contributed by atoms with van der Waals surface area (Å²) >= 11 is 0. The summed E-state index contributed by atoms with van der Waals surface area (Å²) in [6.45, 7) is 0. The first-order valence-corrected chi connectivity index (χ1v) is 8.89. The molecule has 29 heavy (non-hydrogen) atoms. The zero-order valence-electron chi connectivity index (χ0n) is 15.3. The molecule has 0 bridgehead atoms. The van der Waals surface area contributed by atoms with Gasteiger partial charge in [-0.1, -0.05) is 30.3 Å². The van der Waals surface area contributed by atoms with Gasteiger partial charge in [0.15, 0.2) is 0 Å². The quantitative estimate of drug-likeness (QED) is 0.408. The number of hydrogen-bond donors (Lipinski definition) is 2. The molecule has 2 aromatic carbocycles. The SMILES string of the molecule is O=C(N/N=C\c1cn(-c2ccccc2)nc1-c1ccncc1)c1ccccc1O. The molecule has 0 fully saturated rings. The van der Waals surface area contributed by atoms with Gasteiger partial charge in [0.05, 0.1) is 17.5 Å². The number of carbonyl (C=O) groups is 1. The van der Waals surface area contributed by atoms with E-state index >= 15 is 0 Å². The minimum absolute atomic E-state index is 0.102. The summed E-state index contributed by atoms with van der Waals surface area (Å²) in [6, 6.07) is 19.7. The average molecular weight is 383 g/mol. The molecule has 2 heterocycles. The van der Waals surface area contributed by atoms with Crippen LogP contribution in [0.4, 0.5) is 0 Å². The van der Waals surface area contributed by atoms with Gasteiger partial charge in [0, 0.05) is 29.7 Å². The number of nitrogens with zero attached hydrogens (tertiary/aromatic N) is 4. The molecule has 0 unspecified atom stereocenters. The van der Waals surface area contributed by atoms with Crippen molar-refractivity contribution in [2.24, 2.45) is 5.10 Å². The number of para-hydroxylation sites is 2. The molecule has 7 nitrogen and oxygen atoms in total. The molecule has 4 aromatic rings. The fraction of sp³-hybridized carbons (Fsp3) is 0. The van der Waals surface area contributed by atoms with Crippen LogP contribution in [-0.2, 0) is 0 Å². The molecule has 1 amide bonds. The summed E-state index contributed by atoms with van der Waals surface area (Å²) < 4.78 is 1.75. The van der Waals surface area contributed by atoms with Crippen molar-refractivity contribution in [3.63, 3.8) is 0 Å². The van der Waals surface area contributed by atoms with Crippen molar-refractivity contribution in [3.05, 3.63) is 96.4 Å². The molecule has 0 spiro atoms. The summed E-state index contributed by atoms with van der Waals surface area (Å²) in [7, 11) is 0. The van der Waals surface area contributed by atoms with E-state index in [-0.39, 0.29) is 11.3 Å². The van der Waals surface area contributed by atoms with Crippen LogP contribution in [0.15, 0.2) is 90.4 Å². The van der Waals surface area contributed by atoms with Crippen molar-refractivity contribution in [1.82, 2.24) is 20.2 Å². The molecule has 2 aromatic heterocycles. The number of rotatable bonds is 5. The second-order valence-corrected chi connectivity index (χ2v) is 6.17. The van der Waals surface area contributed by atoms with Gasteiger partial charge >= 0.3 is 0 Å². The van der Waals surface area contributed by atoms with Gasteiger partial charge in [-0.15, -0.1) is 0 Å². The Balaban J connectivity index is 1.63. The second kappa shape index (κ2) is 8.18. The Morgan fingerprint density at radius 3 is 2.48 bits per heavy atom. The Bertz CT molecular complexity index is 1150. The Morgan fingerprint density at radius 1 is 1.00 bits per heavy atom. The monoisotopic (exact) mass is 383 g/mol. The number of pyridine rings is 1. The lowest BCUT2D eigenvalue weighted by molar-refractivity contribution is 0.0952. The number of carbonyl (C=O) groups excluding carboxylic acids is 1. The molecule has 142 valence electrons. The van der Waals surface area contributed by atoms with Crippen molar-refractivity contribution < 1.29 is 9.90 Å². The summed E-state index contributed by atoms with van der Waals surface area (Å²) in [4.78, 5) is 16.3. The van der Waals surface area contributed by atoms with Gasteiger partial charge < -0.3 is 5.11 Å². The first-order chi connectivity index (χ1) is 14.2. The molecular formula is C22H17N5O2. The Hall–Kier alpha value is -4.26. The van der Waals surface area contributed by atoms with E-state index in [4.69, 9.17) is 0 Å². The van der Waals surface area contributed by atoms with Crippen LogP contribution in [0.5, 0.6) is 5.75 Å². The van der Waals surface area contributed by atoms with Crippen LogP contribution in [0, 0.1) is 0 Å². The molecule has 4 rings (SSSR count). The van der Waals surface area contributed by atoms with Gasteiger partial charge in [0.1, 0.15) is 11.4 Å². The van der Waals surface area contributed by atoms with E-state index in [0.29, 0.717) is 5.69 Å². The third-order valence-corrected chi connectivity index (χ3v) is 4.24. The van der Waals surface area contributed by atoms with Crippen molar-refractivity contribution in [1.29, 1.82) is 0 Å². The maximum Gasteiger partial charge on any atom is 0.275 e. The lowest BCUT2D eigenvalue weighted by Crippen LogP contribution is -2.17. The van der Waals surface area contributed by atoms with Crippen LogP contribution in [0.1, 0.15) is 15.9 Å². The van der Waals surface area contributed by atoms with Crippen LogP contribution in [0.2, 0.25) is 0 Å². The third-order valence-electron chi connectivity index (χ3n) is 4.24. The van der Waals surface area contributed by atoms with Crippen LogP contribution >= 0.6 is 0 Å². The molecule has 0 atom stereocenters. The van der Waals surface area contributed by atoms with E-state index in [1.807, 2.05) is 48.7 Å². The van der Waals surface area contributed by atoms with Gasteiger partial charge in [-0.25, -0.2) is 10.1 Å². The fourth-order valence-corrected chi connectivity index (χ4v) is 2.82. The minimum Gasteiger partial charge on any atom is -0.507 e. The van der Waals surface area contributed by atoms with Gasteiger partial charge in [-0.3, -0.25) is 9.78 Å². The van der Waals surface area contributed by atoms with E-state index in [0.717, 1.165) is 16.8 Å². The van der Waals surface area contributed by atoms with E-state index < -0.39 is 5.91 Å². The maximum absolute atomic E-state index is 12.2. The summed E-state index contributed by atoms with van der Waals surface area (Å²) in [5.41, 5.74) is 5.80. The summed E-state index contributed by atoms with van der Waals surface area (Å²) in [5.74, 6) is -0.602. The van der Waals surface area contributed by atoms with Crippen molar-refractivity contribution >= 4 is 12.1 Å². The second-order valence-electron chi connectivity index (χ2n) is 6.17. The predicted octanol–water partition coefficient (Wildman–Crippen LogP) is 3.40.